The molecule has 0 unspecified atom stereocenters. The normalized spacial score (nSPS) is 14.4. The molecule has 4 rings (SSSR count). The fraction of sp³-hybridized carbons (Fsp3) is 0.292. The lowest BCUT2D eigenvalue weighted by atomic mass is 9.96. The van der Waals surface area contributed by atoms with E-state index in [1.165, 1.54) is 11.9 Å². The third-order valence-electron chi connectivity index (χ3n) is 5.37. The summed E-state index contributed by atoms with van der Waals surface area (Å²) in [7, 11) is 0. The minimum atomic E-state index is 0.0357. The summed E-state index contributed by atoms with van der Waals surface area (Å²) in [5.41, 5.74) is 2.35. The Labute approximate surface area is 176 Å². The Bertz CT molecular complexity index is 968. The highest BCUT2D eigenvalue weighted by molar-refractivity contribution is 5.79. The number of para-hydroxylation sites is 1. The molecule has 1 N–H and O–H groups in total. The highest BCUT2D eigenvalue weighted by Crippen LogP contribution is 2.25. The van der Waals surface area contributed by atoms with E-state index in [1.54, 1.807) is 0 Å². The van der Waals surface area contributed by atoms with Crippen LogP contribution < -0.4 is 15.0 Å². The van der Waals surface area contributed by atoms with Crippen LogP contribution in [0.5, 0.6) is 11.6 Å². The number of rotatable bonds is 6. The fourth-order valence-corrected chi connectivity index (χ4v) is 3.58. The van der Waals surface area contributed by atoms with Crippen molar-refractivity contribution in [3.8, 4) is 11.6 Å². The van der Waals surface area contributed by atoms with E-state index in [0.29, 0.717) is 12.4 Å². The molecule has 1 saturated heterocycles. The van der Waals surface area contributed by atoms with Crippen molar-refractivity contribution < 1.29 is 9.53 Å². The molecule has 1 aromatic heterocycles. The fourth-order valence-electron chi connectivity index (χ4n) is 3.58. The number of amides is 1. The van der Waals surface area contributed by atoms with Gasteiger partial charge in [-0.1, -0.05) is 48.0 Å². The maximum Gasteiger partial charge on any atom is 0.224 e. The van der Waals surface area contributed by atoms with Gasteiger partial charge >= 0.3 is 0 Å². The number of carbonyl (C=O) groups is 1. The predicted octanol–water partition coefficient (Wildman–Crippen LogP) is 4.11. The molecule has 1 aliphatic heterocycles. The van der Waals surface area contributed by atoms with Crippen molar-refractivity contribution in [3.05, 3.63) is 78.1 Å². The zero-order valence-electron chi connectivity index (χ0n) is 17.1. The Morgan fingerprint density at radius 3 is 2.53 bits per heavy atom. The number of nitrogens with one attached hydrogen (secondary N) is 1. The molecule has 6 heteroatoms. The van der Waals surface area contributed by atoms with Crippen LogP contribution in [-0.2, 0) is 11.3 Å². The maximum absolute atomic E-state index is 12.6. The predicted molar refractivity (Wildman–Crippen MR) is 117 cm³/mol. The maximum atomic E-state index is 12.6. The van der Waals surface area contributed by atoms with Crippen molar-refractivity contribution in [3.63, 3.8) is 0 Å². The first kappa shape index (κ1) is 19.9. The van der Waals surface area contributed by atoms with E-state index < -0.39 is 0 Å². The Kier molecular flexibility index (Phi) is 6.23. The van der Waals surface area contributed by atoms with Crippen LogP contribution in [0.1, 0.15) is 24.0 Å². The Morgan fingerprint density at radius 1 is 1.07 bits per heavy atom. The second kappa shape index (κ2) is 9.39. The number of aromatic nitrogens is 2. The van der Waals surface area contributed by atoms with E-state index in [9.17, 15) is 4.79 Å². The summed E-state index contributed by atoms with van der Waals surface area (Å²) in [4.78, 5) is 23.3. The van der Waals surface area contributed by atoms with Crippen LogP contribution in [0.15, 0.2) is 67.0 Å². The number of aryl methyl sites for hydroxylation is 1. The summed E-state index contributed by atoms with van der Waals surface area (Å²) < 4.78 is 5.81. The zero-order chi connectivity index (χ0) is 20.8. The van der Waals surface area contributed by atoms with Crippen LogP contribution in [0.25, 0.3) is 0 Å². The van der Waals surface area contributed by atoms with Gasteiger partial charge in [0.25, 0.3) is 0 Å². The van der Waals surface area contributed by atoms with Gasteiger partial charge in [-0.3, -0.25) is 4.79 Å². The van der Waals surface area contributed by atoms with Gasteiger partial charge in [-0.2, -0.15) is 0 Å². The first-order valence-corrected chi connectivity index (χ1v) is 10.3. The molecule has 154 valence electrons. The number of hydrogen-bond donors (Lipinski definition) is 1. The van der Waals surface area contributed by atoms with Gasteiger partial charge in [0.2, 0.25) is 11.8 Å². The number of nitrogens with zero attached hydrogens (tertiary/aromatic N) is 3. The SMILES string of the molecule is Cc1ccc(CNC(=O)C2CCN(c3cc(Oc4ccccc4)ncn3)CC2)cc1. The third kappa shape index (κ3) is 5.14. The van der Waals surface area contributed by atoms with Gasteiger partial charge in [-0.25, -0.2) is 9.97 Å². The highest BCUT2D eigenvalue weighted by Gasteiger charge is 2.25. The van der Waals surface area contributed by atoms with Crippen LogP contribution in [-0.4, -0.2) is 29.0 Å². The first-order chi connectivity index (χ1) is 14.7. The third-order valence-corrected chi connectivity index (χ3v) is 5.37. The van der Waals surface area contributed by atoms with Crippen LogP contribution in [0.2, 0.25) is 0 Å². The van der Waals surface area contributed by atoms with Crippen LogP contribution in [0.4, 0.5) is 5.82 Å². The molecule has 1 fully saturated rings. The highest BCUT2D eigenvalue weighted by atomic mass is 16.5. The van der Waals surface area contributed by atoms with E-state index >= 15 is 0 Å². The second-order valence-corrected chi connectivity index (χ2v) is 7.59. The molecule has 30 heavy (non-hydrogen) atoms. The van der Waals surface area contributed by atoms with Crippen LogP contribution in [0.3, 0.4) is 0 Å². The van der Waals surface area contributed by atoms with Gasteiger partial charge in [0.05, 0.1) is 0 Å². The van der Waals surface area contributed by atoms with E-state index in [-0.39, 0.29) is 11.8 Å². The molecule has 2 aromatic carbocycles. The molecule has 0 radical (unpaired) electrons. The molecular weight excluding hydrogens is 376 g/mol. The van der Waals surface area contributed by atoms with E-state index in [0.717, 1.165) is 43.1 Å². The summed E-state index contributed by atoms with van der Waals surface area (Å²) in [6.07, 6.45) is 3.13. The van der Waals surface area contributed by atoms with Crippen molar-refractivity contribution >= 4 is 11.7 Å². The summed E-state index contributed by atoms with van der Waals surface area (Å²) in [6, 6.07) is 19.7. The summed E-state index contributed by atoms with van der Waals surface area (Å²) in [6.45, 7) is 4.20. The Hall–Kier alpha value is -3.41. The van der Waals surface area contributed by atoms with Gasteiger partial charge in [0, 0.05) is 31.6 Å². The average molecular weight is 402 g/mol. The smallest absolute Gasteiger partial charge is 0.224 e. The van der Waals surface area contributed by atoms with Gasteiger partial charge in [0.15, 0.2) is 0 Å². The van der Waals surface area contributed by atoms with Gasteiger partial charge in [-0.15, -0.1) is 0 Å². The molecule has 6 nitrogen and oxygen atoms in total. The molecule has 2 heterocycles. The minimum Gasteiger partial charge on any atom is -0.439 e. The van der Waals surface area contributed by atoms with E-state index in [1.807, 2.05) is 36.4 Å². The molecule has 0 spiro atoms. The molecule has 1 aliphatic rings. The van der Waals surface area contributed by atoms with Crippen molar-refractivity contribution in [2.24, 2.45) is 5.92 Å². The van der Waals surface area contributed by atoms with E-state index in [4.69, 9.17) is 4.74 Å². The summed E-state index contributed by atoms with van der Waals surface area (Å²) in [5.74, 6) is 2.25. The number of benzene rings is 2. The lowest BCUT2D eigenvalue weighted by Gasteiger charge is -2.32. The number of anilines is 1. The summed E-state index contributed by atoms with van der Waals surface area (Å²) >= 11 is 0. The van der Waals surface area contributed by atoms with E-state index in [2.05, 4.69) is 51.4 Å². The largest absolute Gasteiger partial charge is 0.439 e. The topological polar surface area (TPSA) is 67.4 Å². The lowest BCUT2D eigenvalue weighted by molar-refractivity contribution is -0.125. The number of hydrogen-bond acceptors (Lipinski definition) is 5. The Morgan fingerprint density at radius 2 is 1.80 bits per heavy atom. The molecular formula is C24H26N4O2. The van der Waals surface area contributed by atoms with Gasteiger partial charge in [0.1, 0.15) is 17.9 Å². The standard InChI is InChI=1S/C24H26N4O2/c1-18-7-9-19(10-8-18)16-25-24(29)20-11-13-28(14-12-20)22-15-23(27-17-26-22)30-21-5-3-2-4-6-21/h2-10,15,17,20H,11-14,16H2,1H3,(H,25,29). The molecule has 3 aromatic rings. The van der Waals surface area contributed by atoms with Crippen LogP contribution in [0, 0.1) is 12.8 Å². The van der Waals surface area contributed by atoms with Gasteiger partial charge in [-0.05, 0) is 37.5 Å². The quantitative estimate of drug-likeness (QED) is 0.672. The number of ether oxygens (including phenoxy) is 1. The summed E-state index contributed by atoms with van der Waals surface area (Å²) in [5, 5.41) is 3.08. The van der Waals surface area contributed by atoms with Crippen molar-refractivity contribution in [2.75, 3.05) is 18.0 Å². The Balaban J connectivity index is 1.29. The van der Waals surface area contributed by atoms with Crippen molar-refractivity contribution in [1.29, 1.82) is 0 Å². The zero-order valence-corrected chi connectivity index (χ0v) is 17.1. The average Bonchev–Trinajstić information content (AvgIpc) is 2.79. The first-order valence-electron chi connectivity index (χ1n) is 10.3. The lowest BCUT2D eigenvalue weighted by Crippen LogP contribution is -2.40. The minimum absolute atomic E-state index is 0.0357. The molecule has 1 amide bonds. The van der Waals surface area contributed by atoms with Crippen LogP contribution >= 0.6 is 0 Å². The van der Waals surface area contributed by atoms with Gasteiger partial charge < -0.3 is 15.0 Å². The second-order valence-electron chi connectivity index (χ2n) is 7.59. The molecule has 0 aliphatic carbocycles. The van der Waals surface area contributed by atoms with Crippen molar-refractivity contribution in [1.82, 2.24) is 15.3 Å². The monoisotopic (exact) mass is 402 g/mol. The molecule has 0 bridgehead atoms. The number of carbonyl (C=O) groups excluding carboxylic acids is 1. The van der Waals surface area contributed by atoms with Crippen molar-refractivity contribution in [2.45, 2.75) is 26.3 Å². The number of piperidine rings is 1. The molecule has 0 atom stereocenters. The molecule has 0 saturated carbocycles.